The van der Waals surface area contributed by atoms with Gasteiger partial charge in [-0.15, -0.1) is 0 Å². The first-order valence-electron chi connectivity index (χ1n) is 5.44. The maximum Gasteiger partial charge on any atom is 0.195 e. The fraction of sp³-hybridized carbons (Fsp3) is 0.333. The Morgan fingerprint density at radius 3 is 2.71 bits per heavy atom. The number of benzene rings is 1. The Hall–Kier alpha value is -1.49. The van der Waals surface area contributed by atoms with Crippen LogP contribution < -0.4 is 0 Å². The van der Waals surface area contributed by atoms with Gasteiger partial charge in [-0.1, -0.05) is 12.1 Å². The van der Waals surface area contributed by atoms with Crippen LogP contribution >= 0.6 is 12.2 Å². The van der Waals surface area contributed by atoms with E-state index in [4.69, 9.17) is 12.2 Å². The molecule has 0 unspecified atom stereocenters. The molecule has 0 saturated heterocycles. The van der Waals surface area contributed by atoms with Crippen molar-refractivity contribution in [3.8, 4) is 11.4 Å². The topological polar surface area (TPSA) is 33.6 Å². The van der Waals surface area contributed by atoms with Crippen molar-refractivity contribution in [1.82, 2.24) is 14.8 Å². The molecule has 0 aliphatic carbocycles. The zero-order valence-corrected chi connectivity index (χ0v) is 10.8. The number of rotatable bonds is 2. The zero-order chi connectivity index (χ0) is 12.6. The molecule has 0 spiro atoms. The third-order valence-corrected chi connectivity index (χ3v) is 2.94. The van der Waals surface area contributed by atoms with Gasteiger partial charge in [-0.3, -0.25) is 9.67 Å². The summed E-state index contributed by atoms with van der Waals surface area (Å²) in [6.07, 6.45) is 0. The maximum absolute atomic E-state index is 13.5. The van der Waals surface area contributed by atoms with Crippen LogP contribution in [-0.2, 0) is 0 Å². The number of aromatic nitrogens is 3. The predicted molar refractivity (Wildman–Crippen MR) is 67.9 cm³/mol. The van der Waals surface area contributed by atoms with E-state index in [9.17, 15) is 4.39 Å². The summed E-state index contributed by atoms with van der Waals surface area (Å²) in [4.78, 5) is 0. The van der Waals surface area contributed by atoms with Crippen molar-refractivity contribution >= 4 is 12.2 Å². The van der Waals surface area contributed by atoms with Gasteiger partial charge in [0.15, 0.2) is 10.6 Å². The summed E-state index contributed by atoms with van der Waals surface area (Å²) in [5.41, 5.74) is 1.35. The van der Waals surface area contributed by atoms with Gasteiger partial charge in [0.1, 0.15) is 5.82 Å². The Kier molecular flexibility index (Phi) is 3.11. The highest BCUT2D eigenvalue weighted by atomic mass is 32.1. The summed E-state index contributed by atoms with van der Waals surface area (Å²) in [7, 11) is 0. The standard InChI is InChI=1S/C12H14FN3S/c1-7(2)16-11(14-15-12(16)17)9-5-4-8(3)10(13)6-9/h4-7H,1-3H3,(H,15,17). The average molecular weight is 251 g/mol. The Morgan fingerprint density at radius 1 is 1.41 bits per heavy atom. The van der Waals surface area contributed by atoms with Gasteiger partial charge in [0.2, 0.25) is 0 Å². The van der Waals surface area contributed by atoms with Gasteiger partial charge in [0.05, 0.1) is 0 Å². The number of halogens is 1. The number of hydrogen-bond donors (Lipinski definition) is 1. The third-order valence-electron chi connectivity index (χ3n) is 2.65. The van der Waals surface area contributed by atoms with Crippen LogP contribution in [0.3, 0.4) is 0 Å². The summed E-state index contributed by atoms with van der Waals surface area (Å²) in [5, 5.41) is 6.90. The first kappa shape index (κ1) is 12.0. The van der Waals surface area contributed by atoms with Gasteiger partial charge in [0, 0.05) is 11.6 Å². The maximum atomic E-state index is 13.5. The Morgan fingerprint density at radius 2 is 2.12 bits per heavy atom. The van der Waals surface area contributed by atoms with Crippen LogP contribution in [0.5, 0.6) is 0 Å². The molecular weight excluding hydrogens is 237 g/mol. The van der Waals surface area contributed by atoms with Crippen LogP contribution in [0.2, 0.25) is 0 Å². The molecule has 0 saturated carbocycles. The lowest BCUT2D eigenvalue weighted by Crippen LogP contribution is -2.03. The Labute approximate surface area is 104 Å². The van der Waals surface area contributed by atoms with Crippen molar-refractivity contribution in [2.24, 2.45) is 0 Å². The number of hydrogen-bond acceptors (Lipinski definition) is 2. The van der Waals surface area contributed by atoms with Crippen LogP contribution in [0.15, 0.2) is 18.2 Å². The van der Waals surface area contributed by atoms with Gasteiger partial charge < -0.3 is 0 Å². The zero-order valence-electron chi connectivity index (χ0n) is 9.99. The van der Waals surface area contributed by atoms with Gasteiger partial charge in [-0.05, 0) is 44.6 Å². The molecule has 0 fully saturated rings. The molecule has 2 aromatic rings. The van der Waals surface area contributed by atoms with Gasteiger partial charge in [-0.25, -0.2) is 4.39 Å². The Balaban J connectivity index is 2.61. The van der Waals surface area contributed by atoms with E-state index in [1.807, 2.05) is 24.5 Å². The minimum atomic E-state index is -0.230. The quantitative estimate of drug-likeness (QED) is 0.827. The number of H-pyrrole nitrogens is 1. The van der Waals surface area contributed by atoms with E-state index in [-0.39, 0.29) is 11.9 Å². The molecule has 0 bridgehead atoms. The van der Waals surface area contributed by atoms with E-state index in [2.05, 4.69) is 10.2 Å². The van der Waals surface area contributed by atoms with Crippen LogP contribution in [0.4, 0.5) is 4.39 Å². The molecule has 0 radical (unpaired) electrons. The lowest BCUT2D eigenvalue weighted by atomic mass is 10.1. The molecule has 0 amide bonds. The molecule has 17 heavy (non-hydrogen) atoms. The van der Waals surface area contributed by atoms with E-state index in [1.165, 1.54) is 6.07 Å². The van der Waals surface area contributed by atoms with E-state index in [1.54, 1.807) is 13.0 Å². The third kappa shape index (κ3) is 2.15. The molecule has 0 atom stereocenters. The van der Waals surface area contributed by atoms with Crippen molar-refractivity contribution in [2.75, 3.05) is 0 Å². The van der Waals surface area contributed by atoms with Crippen molar-refractivity contribution in [1.29, 1.82) is 0 Å². The predicted octanol–water partition coefficient (Wildman–Crippen LogP) is 3.64. The van der Waals surface area contributed by atoms with Gasteiger partial charge in [-0.2, -0.15) is 5.10 Å². The minimum absolute atomic E-state index is 0.181. The van der Waals surface area contributed by atoms with Gasteiger partial charge in [0.25, 0.3) is 0 Å². The fourth-order valence-corrected chi connectivity index (χ4v) is 2.06. The van der Waals surface area contributed by atoms with Crippen LogP contribution in [-0.4, -0.2) is 14.8 Å². The summed E-state index contributed by atoms with van der Waals surface area (Å²) in [6.45, 7) is 5.76. The molecule has 1 aromatic heterocycles. The molecule has 3 nitrogen and oxygen atoms in total. The number of aryl methyl sites for hydroxylation is 1. The fourth-order valence-electron chi connectivity index (χ4n) is 1.72. The molecule has 2 rings (SSSR count). The molecule has 1 N–H and O–H groups in total. The van der Waals surface area contributed by atoms with Crippen molar-refractivity contribution < 1.29 is 4.39 Å². The highest BCUT2D eigenvalue weighted by molar-refractivity contribution is 7.71. The highest BCUT2D eigenvalue weighted by Gasteiger charge is 2.12. The minimum Gasteiger partial charge on any atom is -0.298 e. The summed E-state index contributed by atoms with van der Waals surface area (Å²) in [5.74, 6) is 0.440. The van der Waals surface area contributed by atoms with Crippen molar-refractivity contribution in [2.45, 2.75) is 26.8 Å². The van der Waals surface area contributed by atoms with E-state index in [0.29, 0.717) is 16.2 Å². The summed E-state index contributed by atoms with van der Waals surface area (Å²) in [6, 6.07) is 5.26. The number of nitrogens with zero attached hydrogens (tertiary/aromatic N) is 2. The SMILES string of the molecule is Cc1ccc(-c2n[nH]c(=S)n2C(C)C)cc1F. The summed E-state index contributed by atoms with van der Waals surface area (Å²) >= 11 is 5.16. The van der Waals surface area contributed by atoms with Crippen LogP contribution in [0, 0.1) is 17.5 Å². The normalized spacial score (nSPS) is 11.1. The second kappa shape index (κ2) is 4.41. The van der Waals surface area contributed by atoms with Crippen molar-refractivity contribution in [3.63, 3.8) is 0 Å². The van der Waals surface area contributed by atoms with Crippen LogP contribution in [0.25, 0.3) is 11.4 Å². The van der Waals surface area contributed by atoms with Crippen LogP contribution in [0.1, 0.15) is 25.5 Å². The summed E-state index contributed by atoms with van der Waals surface area (Å²) < 4.78 is 16.0. The second-order valence-electron chi connectivity index (χ2n) is 4.28. The largest absolute Gasteiger partial charge is 0.298 e. The molecule has 1 aromatic carbocycles. The average Bonchev–Trinajstić information content (AvgIpc) is 2.64. The van der Waals surface area contributed by atoms with E-state index >= 15 is 0 Å². The highest BCUT2D eigenvalue weighted by Crippen LogP contribution is 2.22. The lowest BCUT2D eigenvalue weighted by molar-refractivity contribution is 0.595. The number of aromatic amines is 1. The molecular formula is C12H14FN3S. The smallest absolute Gasteiger partial charge is 0.195 e. The lowest BCUT2D eigenvalue weighted by Gasteiger charge is -2.10. The molecule has 0 aliphatic heterocycles. The van der Waals surface area contributed by atoms with Gasteiger partial charge >= 0.3 is 0 Å². The van der Waals surface area contributed by atoms with E-state index in [0.717, 1.165) is 5.56 Å². The van der Waals surface area contributed by atoms with Crippen molar-refractivity contribution in [3.05, 3.63) is 34.4 Å². The number of nitrogens with one attached hydrogen (secondary N) is 1. The first-order chi connectivity index (χ1) is 8.00. The first-order valence-corrected chi connectivity index (χ1v) is 5.85. The molecule has 1 heterocycles. The Bertz CT molecular complexity index is 598. The molecule has 5 heteroatoms. The monoisotopic (exact) mass is 251 g/mol. The van der Waals surface area contributed by atoms with E-state index < -0.39 is 0 Å². The molecule has 90 valence electrons. The second-order valence-corrected chi connectivity index (χ2v) is 4.67. The molecule has 0 aliphatic rings.